The van der Waals surface area contributed by atoms with Gasteiger partial charge in [-0.25, -0.2) is 9.97 Å². The Morgan fingerprint density at radius 2 is 1.54 bits per heavy atom. The quantitative estimate of drug-likeness (QED) is 0.544. The van der Waals surface area contributed by atoms with Crippen LogP contribution >= 0.6 is 0 Å². The topological polar surface area (TPSA) is 46.5 Å². The summed E-state index contributed by atoms with van der Waals surface area (Å²) in [5.74, 6) is 1.54. The molecule has 0 fully saturated rings. The Bertz CT molecular complexity index is 890. The number of imidazole rings is 2. The Hall–Kier alpha value is -2.62. The SMILES string of the molecule is CC(C)c1nc2ccccc2[nH]1.CC(C)n1cnc2ccccc21. The average molecular weight is 320 g/mol. The second-order valence-electron chi connectivity index (χ2n) is 6.53. The maximum atomic E-state index is 4.46. The molecule has 4 rings (SSSR count). The van der Waals surface area contributed by atoms with Gasteiger partial charge in [-0.1, -0.05) is 38.1 Å². The van der Waals surface area contributed by atoms with Gasteiger partial charge in [-0.2, -0.15) is 0 Å². The Kier molecular flexibility index (Phi) is 4.65. The molecule has 0 aliphatic carbocycles. The van der Waals surface area contributed by atoms with Gasteiger partial charge in [-0.3, -0.25) is 0 Å². The van der Waals surface area contributed by atoms with E-state index < -0.39 is 0 Å². The maximum absolute atomic E-state index is 4.46. The van der Waals surface area contributed by atoms with Crippen LogP contribution in [0.3, 0.4) is 0 Å². The van der Waals surface area contributed by atoms with Crippen LogP contribution in [-0.2, 0) is 0 Å². The molecule has 4 aromatic rings. The number of benzene rings is 2. The Morgan fingerprint density at radius 1 is 0.875 bits per heavy atom. The first-order valence-corrected chi connectivity index (χ1v) is 8.42. The van der Waals surface area contributed by atoms with E-state index in [-0.39, 0.29) is 0 Å². The fourth-order valence-electron chi connectivity index (χ4n) is 2.64. The molecule has 124 valence electrons. The van der Waals surface area contributed by atoms with Crippen LogP contribution in [0.2, 0.25) is 0 Å². The van der Waals surface area contributed by atoms with Crippen LogP contribution in [0.25, 0.3) is 22.1 Å². The van der Waals surface area contributed by atoms with Crippen LogP contribution in [0.5, 0.6) is 0 Å². The highest BCUT2D eigenvalue weighted by molar-refractivity contribution is 5.75. The molecule has 2 aromatic heterocycles. The molecule has 0 aliphatic heterocycles. The third-order valence-electron chi connectivity index (χ3n) is 3.99. The summed E-state index contributed by atoms with van der Waals surface area (Å²) in [6.07, 6.45) is 1.90. The first-order valence-electron chi connectivity index (χ1n) is 8.42. The molecule has 0 unspecified atom stereocenters. The predicted octanol–water partition coefficient (Wildman–Crippen LogP) is 5.30. The number of rotatable bonds is 2. The molecule has 0 bridgehead atoms. The van der Waals surface area contributed by atoms with E-state index in [1.807, 2.05) is 48.8 Å². The van der Waals surface area contributed by atoms with Crippen molar-refractivity contribution in [2.45, 2.75) is 39.7 Å². The minimum atomic E-state index is 0.470. The summed E-state index contributed by atoms with van der Waals surface area (Å²) in [5.41, 5.74) is 4.47. The van der Waals surface area contributed by atoms with Crippen molar-refractivity contribution in [2.75, 3.05) is 0 Å². The second-order valence-corrected chi connectivity index (χ2v) is 6.53. The molecule has 4 heteroatoms. The van der Waals surface area contributed by atoms with E-state index in [1.54, 1.807) is 0 Å². The molecule has 0 saturated carbocycles. The fraction of sp³-hybridized carbons (Fsp3) is 0.300. The fourth-order valence-corrected chi connectivity index (χ4v) is 2.64. The summed E-state index contributed by atoms with van der Waals surface area (Å²) >= 11 is 0. The lowest BCUT2D eigenvalue weighted by Gasteiger charge is -2.06. The number of hydrogen-bond donors (Lipinski definition) is 1. The molecule has 0 atom stereocenters. The van der Waals surface area contributed by atoms with Crippen molar-refractivity contribution in [3.8, 4) is 0 Å². The molecule has 0 radical (unpaired) electrons. The first-order chi connectivity index (χ1) is 11.6. The maximum Gasteiger partial charge on any atom is 0.109 e. The third-order valence-corrected chi connectivity index (χ3v) is 3.99. The van der Waals surface area contributed by atoms with E-state index in [0.29, 0.717) is 12.0 Å². The van der Waals surface area contributed by atoms with Crippen molar-refractivity contribution >= 4 is 22.1 Å². The second kappa shape index (κ2) is 6.87. The lowest BCUT2D eigenvalue weighted by Crippen LogP contribution is -1.97. The Morgan fingerprint density at radius 3 is 2.21 bits per heavy atom. The monoisotopic (exact) mass is 320 g/mol. The normalized spacial score (nSPS) is 11.2. The standard InChI is InChI=1S/2C10H12N2/c1-8(2)12-7-11-9-5-3-4-6-10(9)12;1-7(2)10-11-8-5-3-4-6-9(8)12-10/h3-8H,1-2H3;3-7H,1-2H3,(H,11,12). The molecule has 0 aliphatic rings. The molecule has 0 amide bonds. The molecule has 4 nitrogen and oxygen atoms in total. The molecule has 2 aromatic carbocycles. The van der Waals surface area contributed by atoms with Crippen LogP contribution in [0.1, 0.15) is 45.5 Å². The minimum Gasteiger partial charge on any atom is -0.342 e. The van der Waals surface area contributed by atoms with Crippen LogP contribution in [-0.4, -0.2) is 19.5 Å². The summed E-state index contributed by atoms with van der Waals surface area (Å²) in [6, 6.07) is 16.8. The van der Waals surface area contributed by atoms with Gasteiger partial charge >= 0.3 is 0 Å². The van der Waals surface area contributed by atoms with Gasteiger partial charge in [0.05, 0.1) is 28.4 Å². The van der Waals surface area contributed by atoms with E-state index in [9.17, 15) is 0 Å². The van der Waals surface area contributed by atoms with Crippen LogP contribution < -0.4 is 0 Å². The van der Waals surface area contributed by atoms with Crippen LogP contribution in [0, 0.1) is 0 Å². The lowest BCUT2D eigenvalue weighted by molar-refractivity contribution is 0.617. The Labute approximate surface area is 142 Å². The number of aromatic amines is 1. The highest BCUT2D eigenvalue weighted by Crippen LogP contribution is 2.16. The van der Waals surface area contributed by atoms with E-state index >= 15 is 0 Å². The summed E-state index contributed by atoms with van der Waals surface area (Å²) in [7, 11) is 0. The summed E-state index contributed by atoms with van der Waals surface area (Å²) in [4.78, 5) is 12.0. The van der Waals surface area contributed by atoms with E-state index in [2.05, 4.69) is 53.3 Å². The number of H-pyrrole nitrogens is 1. The highest BCUT2D eigenvalue weighted by atomic mass is 15.1. The first kappa shape index (κ1) is 16.2. The van der Waals surface area contributed by atoms with Gasteiger partial charge < -0.3 is 9.55 Å². The Balaban J connectivity index is 0.000000141. The molecule has 2 heterocycles. The van der Waals surface area contributed by atoms with Crippen molar-refractivity contribution in [1.29, 1.82) is 0 Å². The molecule has 0 spiro atoms. The van der Waals surface area contributed by atoms with Crippen molar-refractivity contribution in [2.24, 2.45) is 0 Å². The van der Waals surface area contributed by atoms with Gasteiger partial charge in [0.1, 0.15) is 5.82 Å². The number of nitrogens with zero attached hydrogens (tertiary/aromatic N) is 3. The van der Waals surface area contributed by atoms with Crippen LogP contribution in [0.15, 0.2) is 54.9 Å². The van der Waals surface area contributed by atoms with Gasteiger partial charge in [-0.15, -0.1) is 0 Å². The number of para-hydroxylation sites is 4. The molecule has 24 heavy (non-hydrogen) atoms. The van der Waals surface area contributed by atoms with Gasteiger partial charge in [0.15, 0.2) is 0 Å². The van der Waals surface area contributed by atoms with Gasteiger partial charge in [0, 0.05) is 12.0 Å². The van der Waals surface area contributed by atoms with E-state index in [4.69, 9.17) is 0 Å². The molecule has 1 N–H and O–H groups in total. The van der Waals surface area contributed by atoms with E-state index in [1.165, 1.54) is 5.52 Å². The molecule has 0 saturated heterocycles. The minimum absolute atomic E-state index is 0.470. The number of hydrogen-bond acceptors (Lipinski definition) is 2. The molecular weight excluding hydrogens is 296 g/mol. The lowest BCUT2D eigenvalue weighted by atomic mass is 10.2. The third kappa shape index (κ3) is 3.32. The van der Waals surface area contributed by atoms with Crippen LogP contribution in [0.4, 0.5) is 0 Å². The molecular formula is C20H24N4. The van der Waals surface area contributed by atoms with Gasteiger partial charge in [-0.05, 0) is 38.1 Å². The zero-order valence-electron chi connectivity index (χ0n) is 14.7. The smallest absolute Gasteiger partial charge is 0.109 e. The number of fused-ring (bicyclic) bond motifs is 2. The van der Waals surface area contributed by atoms with Gasteiger partial charge in [0.2, 0.25) is 0 Å². The van der Waals surface area contributed by atoms with Crippen molar-refractivity contribution < 1.29 is 0 Å². The predicted molar refractivity (Wildman–Crippen MR) is 100 cm³/mol. The largest absolute Gasteiger partial charge is 0.342 e. The zero-order valence-corrected chi connectivity index (χ0v) is 14.7. The summed E-state index contributed by atoms with van der Waals surface area (Å²) in [6.45, 7) is 8.59. The number of aromatic nitrogens is 4. The number of nitrogens with one attached hydrogen (secondary N) is 1. The van der Waals surface area contributed by atoms with E-state index in [0.717, 1.165) is 22.4 Å². The zero-order chi connectivity index (χ0) is 17.1. The average Bonchev–Trinajstić information content (AvgIpc) is 3.19. The van der Waals surface area contributed by atoms with Crippen molar-refractivity contribution in [1.82, 2.24) is 19.5 Å². The summed E-state index contributed by atoms with van der Waals surface area (Å²) in [5, 5.41) is 0. The highest BCUT2D eigenvalue weighted by Gasteiger charge is 2.04. The van der Waals surface area contributed by atoms with Crippen molar-refractivity contribution in [3.63, 3.8) is 0 Å². The summed E-state index contributed by atoms with van der Waals surface area (Å²) < 4.78 is 2.18. The van der Waals surface area contributed by atoms with Crippen molar-refractivity contribution in [3.05, 3.63) is 60.7 Å². The van der Waals surface area contributed by atoms with Gasteiger partial charge in [0.25, 0.3) is 0 Å².